The Morgan fingerprint density at radius 1 is 1.27 bits per heavy atom. The van der Waals surface area contributed by atoms with E-state index in [0.29, 0.717) is 6.79 Å². The van der Waals surface area contributed by atoms with Gasteiger partial charge >= 0.3 is 0 Å². The van der Waals surface area contributed by atoms with Crippen molar-refractivity contribution in [1.82, 2.24) is 14.5 Å². The maximum Gasteiger partial charge on any atom is 0.231 e. The van der Waals surface area contributed by atoms with Crippen LogP contribution in [0.15, 0.2) is 30.7 Å². The van der Waals surface area contributed by atoms with Gasteiger partial charge in [-0.25, -0.2) is 4.98 Å². The van der Waals surface area contributed by atoms with E-state index >= 15 is 0 Å². The Morgan fingerprint density at radius 2 is 2.18 bits per heavy atom. The molecule has 0 saturated heterocycles. The maximum atomic E-state index is 9.72. The predicted molar refractivity (Wildman–Crippen MR) is 79.5 cm³/mol. The van der Waals surface area contributed by atoms with Crippen molar-refractivity contribution in [2.45, 2.75) is 32.1 Å². The Labute approximate surface area is 128 Å². The van der Waals surface area contributed by atoms with Crippen molar-refractivity contribution in [3.63, 3.8) is 0 Å². The molecule has 1 aromatic heterocycles. The standard InChI is InChI=1S/C16H19N3O3/c20-9-13-3-4-18-10-17-6-14(18)8-19(13)7-12-1-2-15-16(5-12)22-11-21-15/h1-2,5-6,10,13,20H,3-4,7-9,11H2/t13-/m0/s1. The lowest BCUT2D eigenvalue weighted by Crippen LogP contribution is -2.36. The van der Waals surface area contributed by atoms with Crippen LogP contribution in [0.4, 0.5) is 0 Å². The van der Waals surface area contributed by atoms with Crippen LogP contribution in [0.2, 0.25) is 0 Å². The molecule has 6 nitrogen and oxygen atoms in total. The van der Waals surface area contributed by atoms with E-state index < -0.39 is 0 Å². The number of aliphatic hydroxyl groups excluding tert-OH is 1. The highest BCUT2D eigenvalue weighted by atomic mass is 16.7. The van der Waals surface area contributed by atoms with Gasteiger partial charge in [0.05, 0.1) is 18.6 Å². The van der Waals surface area contributed by atoms with Crippen molar-refractivity contribution in [3.05, 3.63) is 42.0 Å². The second kappa shape index (κ2) is 5.62. The lowest BCUT2D eigenvalue weighted by molar-refractivity contribution is 0.107. The van der Waals surface area contributed by atoms with E-state index in [1.807, 2.05) is 24.7 Å². The number of imidazole rings is 1. The SMILES string of the molecule is OC[C@@H]1CCn2cncc2CN1Cc1ccc2c(c1)OCO2. The van der Waals surface area contributed by atoms with E-state index in [4.69, 9.17) is 9.47 Å². The number of aliphatic hydroxyl groups is 1. The van der Waals surface area contributed by atoms with E-state index in [1.165, 1.54) is 5.69 Å². The Balaban J connectivity index is 1.57. The van der Waals surface area contributed by atoms with Crippen molar-refractivity contribution < 1.29 is 14.6 Å². The topological polar surface area (TPSA) is 59.8 Å². The zero-order valence-electron chi connectivity index (χ0n) is 12.3. The molecule has 0 aliphatic carbocycles. The first-order chi connectivity index (χ1) is 10.8. The largest absolute Gasteiger partial charge is 0.454 e. The highest BCUT2D eigenvalue weighted by Crippen LogP contribution is 2.33. The normalized spacial score (nSPS) is 20.7. The first-order valence-corrected chi connectivity index (χ1v) is 7.56. The van der Waals surface area contributed by atoms with Crippen LogP contribution >= 0.6 is 0 Å². The Hall–Kier alpha value is -2.05. The molecule has 6 heteroatoms. The fraction of sp³-hybridized carbons (Fsp3) is 0.438. The van der Waals surface area contributed by atoms with Gasteiger partial charge in [0.1, 0.15) is 0 Å². The third kappa shape index (κ3) is 2.44. The molecule has 1 atom stereocenters. The van der Waals surface area contributed by atoms with Crippen LogP contribution in [0.1, 0.15) is 17.7 Å². The summed E-state index contributed by atoms with van der Waals surface area (Å²) in [6, 6.07) is 6.20. The minimum atomic E-state index is 0.158. The third-order valence-electron chi connectivity index (χ3n) is 4.42. The quantitative estimate of drug-likeness (QED) is 0.928. The first kappa shape index (κ1) is 13.6. The van der Waals surface area contributed by atoms with Gasteiger partial charge in [0.2, 0.25) is 6.79 Å². The van der Waals surface area contributed by atoms with Gasteiger partial charge in [-0.05, 0) is 24.1 Å². The van der Waals surface area contributed by atoms with Crippen LogP contribution in [0, 0.1) is 0 Å². The van der Waals surface area contributed by atoms with E-state index in [1.54, 1.807) is 0 Å². The molecule has 2 aliphatic heterocycles. The average Bonchev–Trinajstić information content (AvgIpc) is 3.13. The van der Waals surface area contributed by atoms with E-state index in [2.05, 4.69) is 20.5 Å². The smallest absolute Gasteiger partial charge is 0.231 e. The molecule has 0 bridgehead atoms. The summed E-state index contributed by atoms with van der Waals surface area (Å²) in [5.41, 5.74) is 2.35. The summed E-state index contributed by atoms with van der Waals surface area (Å²) in [4.78, 5) is 6.53. The van der Waals surface area contributed by atoms with E-state index in [0.717, 1.165) is 43.1 Å². The summed E-state index contributed by atoms with van der Waals surface area (Å²) >= 11 is 0. The summed E-state index contributed by atoms with van der Waals surface area (Å²) in [7, 11) is 0. The fourth-order valence-electron chi connectivity index (χ4n) is 3.15. The summed E-state index contributed by atoms with van der Waals surface area (Å²) < 4.78 is 13.0. The van der Waals surface area contributed by atoms with Crippen molar-refractivity contribution in [3.8, 4) is 11.5 Å². The molecule has 0 amide bonds. The minimum Gasteiger partial charge on any atom is -0.454 e. The molecule has 2 aliphatic rings. The van der Waals surface area contributed by atoms with Crippen molar-refractivity contribution in [1.29, 1.82) is 0 Å². The van der Waals surface area contributed by atoms with Gasteiger partial charge in [-0.15, -0.1) is 0 Å². The fourth-order valence-corrected chi connectivity index (χ4v) is 3.15. The number of aryl methyl sites for hydroxylation is 1. The molecule has 4 rings (SSSR count). The van der Waals surface area contributed by atoms with Gasteiger partial charge in [-0.2, -0.15) is 0 Å². The van der Waals surface area contributed by atoms with Crippen LogP contribution in [0.5, 0.6) is 11.5 Å². The Bertz CT molecular complexity index is 670. The molecule has 0 radical (unpaired) electrons. The summed E-state index contributed by atoms with van der Waals surface area (Å²) in [5.74, 6) is 1.61. The lowest BCUT2D eigenvalue weighted by Gasteiger charge is -2.28. The maximum absolute atomic E-state index is 9.72. The zero-order valence-corrected chi connectivity index (χ0v) is 12.3. The number of benzene rings is 1. The number of aromatic nitrogens is 2. The monoisotopic (exact) mass is 301 g/mol. The minimum absolute atomic E-state index is 0.158. The number of hydrogen-bond acceptors (Lipinski definition) is 5. The Kier molecular flexibility index (Phi) is 3.48. The van der Waals surface area contributed by atoms with Crippen LogP contribution in [0.3, 0.4) is 0 Å². The van der Waals surface area contributed by atoms with Crippen molar-refractivity contribution in [2.75, 3.05) is 13.4 Å². The molecule has 0 spiro atoms. The molecule has 1 aromatic carbocycles. The number of ether oxygens (including phenoxy) is 2. The molecule has 1 N–H and O–H groups in total. The van der Waals surface area contributed by atoms with Crippen LogP contribution in [0.25, 0.3) is 0 Å². The molecule has 0 saturated carbocycles. The third-order valence-corrected chi connectivity index (χ3v) is 4.42. The number of hydrogen-bond donors (Lipinski definition) is 1. The number of nitrogens with zero attached hydrogens (tertiary/aromatic N) is 3. The van der Waals surface area contributed by atoms with Gasteiger partial charge in [0, 0.05) is 31.9 Å². The summed E-state index contributed by atoms with van der Waals surface area (Å²) in [6.45, 7) is 2.93. The second-order valence-electron chi connectivity index (χ2n) is 5.80. The number of fused-ring (bicyclic) bond motifs is 2. The molecular formula is C16H19N3O3. The predicted octanol–water partition coefficient (Wildman–Crippen LogP) is 1.38. The molecule has 0 unspecified atom stereocenters. The van der Waals surface area contributed by atoms with Crippen LogP contribution in [-0.4, -0.2) is 39.0 Å². The molecule has 116 valence electrons. The van der Waals surface area contributed by atoms with Gasteiger partial charge < -0.3 is 19.1 Å². The molecule has 2 aromatic rings. The van der Waals surface area contributed by atoms with Gasteiger partial charge in [0.25, 0.3) is 0 Å². The lowest BCUT2D eigenvalue weighted by atomic mass is 10.1. The van der Waals surface area contributed by atoms with E-state index in [9.17, 15) is 5.11 Å². The zero-order chi connectivity index (χ0) is 14.9. The average molecular weight is 301 g/mol. The van der Waals surface area contributed by atoms with Gasteiger partial charge in [0.15, 0.2) is 11.5 Å². The van der Waals surface area contributed by atoms with Crippen LogP contribution in [-0.2, 0) is 19.6 Å². The Morgan fingerprint density at radius 3 is 3.09 bits per heavy atom. The van der Waals surface area contributed by atoms with Crippen molar-refractivity contribution in [2.24, 2.45) is 0 Å². The molecule has 22 heavy (non-hydrogen) atoms. The first-order valence-electron chi connectivity index (χ1n) is 7.56. The molecule has 0 fully saturated rings. The van der Waals surface area contributed by atoms with Gasteiger partial charge in [-0.1, -0.05) is 6.07 Å². The molecular weight excluding hydrogens is 282 g/mol. The van der Waals surface area contributed by atoms with Crippen molar-refractivity contribution >= 4 is 0 Å². The van der Waals surface area contributed by atoms with Crippen LogP contribution < -0.4 is 9.47 Å². The second-order valence-corrected chi connectivity index (χ2v) is 5.80. The summed E-state index contributed by atoms with van der Waals surface area (Å²) in [5, 5.41) is 9.72. The molecule has 3 heterocycles. The highest BCUT2D eigenvalue weighted by molar-refractivity contribution is 5.44. The number of rotatable bonds is 3. The van der Waals surface area contributed by atoms with E-state index in [-0.39, 0.29) is 12.6 Å². The van der Waals surface area contributed by atoms with Gasteiger partial charge in [-0.3, -0.25) is 4.90 Å². The summed E-state index contributed by atoms with van der Waals surface area (Å²) in [6.07, 6.45) is 4.70. The highest BCUT2D eigenvalue weighted by Gasteiger charge is 2.24.